The van der Waals surface area contributed by atoms with E-state index in [9.17, 15) is 4.79 Å². The topological polar surface area (TPSA) is 49.3 Å². The van der Waals surface area contributed by atoms with Crippen LogP contribution in [0.1, 0.15) is 18.9 Å². The van der Waals surface area contributed by atoms with Gasteiger partial charge >= 0.3 is 0 Å². The Balaban J connectivity index is 2.61. The number of benzene rings is 1. The molecule has 1 rings (SSSR count). The predicted octanol–water partition coefficient (Wildman–Crippen LogP) is 1.70. The summed E-state index contributed by atoms with van der Waals surface area (Å²) < 4.78 is 0. The van der Waals surface area contributed by atoms with Crippen LogP contribution in [-0.4, -0.2) is 17.1 Å². The molecule has 1 aromatic carbocycles. The fraction of sp³-hybridized carbons (Fsp3) is 0.364. The molecule has 1 atom stereocenters. The minimum Gasteiger partial charge on any atom is -0.393 e. The maximum Gasteiger partial charge on any atom is 0.226 e. The highest BCUT2D eigenvalue weighted by Crippen LogP contribution is 2.13. The molecule has 0 unspecified atom stereocenters. The molecule has 0 fully saturated rings. The second-order valence-electron chi connectivity index (χ2n) is 3.42. The summed E-state index contributed by atoms with van der Waals surface area (Å²) in [6, 6.07) is 7.55. The Kier molecular flexibility index (Phi) is 3.65. The number of aryl methyl sites for hydroxylation is 1. The highest BCUT2D eigenvalue weighted by Gasteiger charge is 2.06. The third kappa shape index (κ3) is 3.18. The van der Waals surface area contributed by atoms with Gasteiger partial charge in [-0.2, -0.15) is 0 Å². The van der Waals surface area contributed by atoms with Gasteiger partial charge in [0.1, 0.15) is 0 Å². The summed E-state index contributed by atoms with van der Waals surface area (Å²) in [5.41, 5.74) is 1.82. The van der Waals surface area contributed by atoms with Gasteiger partial charge in [0.15, 0.2) is 0 Å². The maximum atomic E-state index is 11.3. The van der Waals surface area contributed by atoms with E-state index in [0.29, 0.717) is 0 Å². The summed E-state index contributed by atoms with van der Waals surface area (Å²) >= 11 is 0. The van der Waals surface area contributed by atoms with E-state index in [1.807, 2.05) is 31.2 Å². The molecule has 0 saturated heterocycles. The van der Waals surface area contributed by atoms with Crippen molar-refractivity contribution in [3.05, 3.63) is 29.8 Å². The van der Waals surface area contributed by atoms with Gasteiger partial charge < -0.3 is 10.4 Å². The van der Waals surface area contributed by atoms with Crippen LogP contribution in [0.15, 0.2) is 24.3 Å². The van der Waals surface area contributed by atoms with Crippen LogP contribution in [0, 0.1) is 6.92 Å². The van der Waals surface area contributed by atoms with Gasteiger partial charge in [-0.05, 0) is 25.5 Å². The summed E-state index contributed by atoms with van der Waals surface area (Å²) in [7, 11) is 0. The number of amides is 1. The lowest BCUT2D eigenvalue weighted by Crippen LogP contribution is -2.17. The molecule has 0 spiro atoms. The van der Waals surface area contributed by atoms with E-state index in [1.54, 1.807) is 6.92 Å². The van der Waals surface area contributed by atoms with E-state index in [0.717, 1.165) is 11.3 Å². The second kappa shape index (κ2) is 4.77. The minimum absolute atomic E-state index is 0.133. The fourth-order valence-corrected chi connectivity index (χ4v) is 1.18. The van der Waals surface area contributed by atoms with E-state index >= 15 is 0 Å². The molecule has 0 aliphatic carbocycles. The normalized spacial score (nSPS) is 12.2. The number of anilines is 1. The van der Waals surface area contributed by atoms with Gasteiger partial charge in [0, 0.05) is 5.69 Å². The van der Waals surface area contributed by atoms with Gasteiger partial charge in [0.05, 0.1) is 12.5 Å². The first-order valence-electron chi connectivity index (χ1n) is 4.63. The maximum absolute atomic E-state index is 11.3. The average Bonchev–Trinajstić information content (AvgIpc) is 2.07. The third-order valence-electron chi connectivity index (χ3n) is 1.90. The molecule has 3 nitrogen and oxygen atoms in total. The minimum atomic E-state index is -0.598. The monoisotopic (exact) mass is 193 g/mol. The zero-order valence-corrected chi connectivity index (χ0v) is 8.45. The molecule has 1 aromatic rings. The molecule has 0 radical (unpaired) electrons. The highest BCUT2D eigenvalue weighted by molar-refractivity contribution is 5.91. The lowest BCUT2D eigenvalue weighted by atomic mass is 10.2. The molecule has 0 aliphatic heterocycles. The van der Waals surface area contributed by atoms with Crippen molar-refractivity contribution in [2.24, 2.45) is 0 Å². The number of carbonyl (C=O) groups excluding carboxylic acids is 1. The molecule has 0 heterocycles. The molecule has 76 valence electrons. The van der Waals surface area contributed by atoms with Gasteiger partial charge in [0.2, 0.25) is 5.91 Å². The predicted molar refractivity (Wildman–Crippen MR) is 56.1 cm³/mol. The molecule has 14 heavy (non-hydrogen) atoms. The zero-order valence-electron chi connectivity index (χ0n) is 8.45. The highest BCUT2D eigenvalue weighted by atomic mass is 16.3. The summed E-state index contributed by atoms with van der Waals surface area (Å²) in [6.07, 6.45) is -0.465. The number of hydrogen-bond acceptors (Lipinski definition) is 2. The van der Waals surface area contributed by atoms with Crippen LogP contribution >= 0.6 is 0 Å². The van der Waals surface area contributed by atoms with Crippen LogP contribution in [0.4, 0.5) is 5.69 Å². The Morgan fingerprint density at radius 2 is 2.14 bits per heavy atom. The Morgan fingerprint density at radius 1 is 1.50 bits per heavy atom. The molecule has 0 saturated carbocycles. The molecule has 0 aromatic heterocycles. The first kappa shape index (κ1) is 10.7. The van der Waals surface area contributed by atoms with Gasteiger partial charge in [-0.25, -0.2) is 0 Å². The van der Waals surface area contributed by atoms with Gasteiger partial charge in [-0.3, -0.25) is 4.79 Å². The van der Waals surface area contributed by atoms with Gasteiger partial charge in [-0.1, -0.05) is 18.2 Å². The van der Waals surface area contributed by atoms with Crippen molar-refractivity contribution in [1.82, 2.24) is 0 Å². The van der Waals surface area contributed by atoms with Gasteiger partial charge in [-0.15, -0.1) is 0 Å². The SMILES string of the molecule is Cc1ccccc1NC(=O)C[C@@H](C)O. The molecular weight excluding hydrogens is 178 g/mol. The van der Waals surface area contributed by atoms with Crippen LogP contribution in [0.5, 0.6) is 0 Å². The van der Waals surface area contributed by atoms with Crippen molar-refractivity contribution in [2.45, 2.75) is 26.4 Å². The molecule has 3 heteroatoms. The molecular formula is C11H15NO2. The smallest absolute Gasteiger partial charge is 0.226 e. The number of hydrogen-bond donors (Lipinski definition) is 2. The van der Waals surface area contributed by atoms with Gasteiger partial charge in [0.25, 0.3) is 0 Å². The average molecular weight is 193 g/mol. The van der Waals surface area contributed by atoms with Crippen LogP contribution in [0.2, 0.25) is 0 Å². The Bertz CT molecular complexity index is 321. The molecule has 2 N–H and O–H groups in total. The Hall–Kier alpha value is -1.35. The standard InChI is InChI=1S/C11H15NO2/c1-8-5-3-4-6-10(8)12-11(14)7-9(2)13/h3-6,9,13H,7H2,1-2H3,(H,12,14)/t9-/m1/s1. The van der Waals surface area contributed by atoms with E-state index < -0.39 is 6.10 Å². The van der Waals surface area contributed by atoms with Crippen molar-refractivity contribution in [3.8, 4) is 0 Å². The first-order chi connectivity index (χ1) is 6.59. The zero-order chi connectivity index (χ0) is 10.6. The molecule has 0 aliphatic rings. The van der Waals surface area contributed by atoms with Crippen molar-refractivity contribution in [1.29, 1.82) is 0 Å². The van der Waals surface area contributed by atoms with Crippen LogP contribution in [-0.2, 0) is 4.79 Å². The van der Waals surface area contributed by atoms with E-state index in [-0.39, 0.29) is 12.3 Å². The summed E-state index contributed by atoms with van der Waals surface area (Å²) in [4.78, 5) is 11.3. The number of carbonyl (C=O) groups is 1. The quantitative estimate of drug-likeness (QED) is 0.767. The van der Waals surface area contributed by atoms with Crippen molar-refractivity contribution >= 4 is 11.6 Å². The van der Waals surface area contributed by atoms with Crippen LogP contribution in [0.3, 0.4) is 0 Å². The lowest BCUT2D eigenvalue weighted by Gasteiger charge is -2.08. The molecule has 0 bridgehead atoms. The van der Waals surface area contributed by atoms with E-state index in [1.165, 1.54) is 0 Å². The number of rotatable bonds is 3. The molecule has 1 amide bonds. The first-order valence-corrected chi connectivity index (χ1v) is 4.63. The van der Waals surface area contributed by atoms with Crippen molar-refractivity contribution in [3.63, 3.8) is 0 Å². The third-order valence-corrected chi connectivity index (χ3v) is 1.90. The number of para-hydroxylation sites is 1. The summed E-state index contributed by atoms with van der Waals surface area (Å²) in [5, 5.41) is 11.8. The van der Waals surface area contributed by atoms with Crippen molar-refractivity contribution in [2.75, 3.05) is 5.32 Å². The van der Waals surface area contributed by atoms with E-state index in [4.69, 9.17) is 5.11 Å². The van der Waals surface area contributed by atoms with E-state index in [2.05, 4.69) is 5.32 Å². The number of aliphatic hydroxyl groups excluding tert-OH is 1. The van der Waals surface area contributed by atoms with Crippen LogP contribution < -0.4 is 5.32 Å². The van der Waals surface area contributed by atoms with Crippen LogP contribution in [0.25, 0.3) is 0 Å². The summed E-state index contributed by atoms with van der Waals surface area (Å²) in [6.45, 7) is 3.52. The fourth-order valence-electron chi connectivity index (χ4n) is 1.18. The largest absolute Gasteiger partial charge is 0.393 e. The van der Waals surface area contributed by atoms with Crippen molar-refractivity contribution < 1.29 is 9.90 Å². The lowest BCUT2D eigenvalue weighted by molar-refractivity contribution is -0.117. The Morgan fingerprint density at radius 3 is 2.71 bits per heavy atom. The number of aliphatic hydroxyl groups is 1. The number of nitrogens with one attached hydrogen (secondary N) is 1. The Labute approximate surface area is 83.8 Å². The second-order valence-corrected chi connectivity index (χ2v) is 3.42. The summed E-state index contributed by atoms with van der Waals surface area (Å²) in [5.74, 6) is -0.158.